The van der Waals surface area contributed by atoms with Gasteiger partial charge in [0.1, 0.15) is 5.76 Å². The highest BCUT2D eigenvalue weighted by Gasteiger charge is 2.17. The zero-order valence-electron chi connectivity index (χ0n) is 11.6. The molecule has 0 spiro atoms. The van der Waals surface area contributed by atoms with Gasteiger partial charge in [-0.15, -0.1) is 0 Å². The van der Waals surface area contributed by atoms with Gasteiger partial charge in [-0.05, 0) is 23.6 Å². The first kappa shape index (κ1) is 13.8. The van der Waals surface area contributed by atoms with Crippen molar-refractivity contribution in [3.8, 4) is 0 Å². The van der Waals surface area contributed by atoms with Crippen LogP contribution in [0.4, 0.5) is 0 Å². The van der Waals surface area contributed by atoms with Crippen LogP contribution in [0.1, 0.15) is 48.8 Å². The molecule has 0 saturated heterocycles. The van der Waals surface area contributed by atoms with E-state index in [1.54, 1.807) is 6.26 Å². The third-order valence-corrected chi connectivity index (χ3v) is 3.43. The summed E-state index contributed by atoms with van der Waals surface area (Å²) in [4.78, 5) is 0. The average Bonchev–Trinajstić information content (AvgIpc) is 2.90. The molecule has 1 unspecified atom stereocenters. The highest BCUT2D eigenvalue weighted by Crippen LogP contribution is 2.26. The van der Waals surface area contributed by atoms with E-state index in [0.29, 0.717) is 0 Å². The van der Waals surface area contributed by atoms with E-state index < -0.39 is 0 Å². The number of benzene rings is 1. The quantitative estimate of drug-likeness (QED) is 0.617. The molecule has 2 aromatic rings. The second-order valence-corrected chi connectivity index (χ2v) is 4.74. The van der Waals surface area contributed by atoms with Crippen LogP contribution in [0, 0.1) is 0 Å². The van der Waals surface area contributed by atoms with Gasteiger partial charge in [-0.1, -0.05) is 44.5 Å². The molecule has 0 aliphatic carbocycles. The van der Waals surface area contributed by atoms with Crippen molar-refractivity contribution < 1.29 is 4.42 Å². The van der Waals surface area contributed by atoms with Crippen molar-refractivity contribution in [1.29, 1.82) is 0 Å². The van der Waals surface area contributed by atoms with E-state index in [1.165, 1.54) is 17.5 Å². The van der Waals surface area contributed by atoms with E-state index >= 15 is 0 Å². The Balaban J connectivity index is 2.26. The highest BCUT2D eigenvalue weighted by molar-refractivity contribution is 5.34. The smallest absolute Gasteiger partial charge is 0.108 e. The lowest BCUT2D eigenvalue weighted by Crippen LogP contribution is -2.29. The Kier molecular flexibility index (Phi) is 4.77. The molecule has 102 valence electrons. The molecule has 1 atom stereocenters. The van der Waals surface area contributed by atoms with E-state index in [0.717, 1.165) is 24.2 Å². The Hall–Kier alpha value is -1.58. The molecule has 0 radical (unpaired) electrons. The third-order valence-electron chi connectivity index (χ3n) is 3.43. The minimum Gasteiger partial charge on any atom is -0.469 e. The lowest BCUT2D eigenvalue weighted by molar-refractivity contribution is 0.502. The summed E-state index contributed by atoms with van der Waals surface area (Å²) in [5.41, 5.74) is 6.54. The summed E-state index contributed by atoms with van der Waals surface area (Å²) in [5, 5.41) is 0. The third kappa shape index (κ3) is 3.06. The van der Waals surface area contributed by atoms with Gasteiger partial charge in [0.15, 0.2) is 0 Å². The maximum Gasteiger partial charge on any atom is 0.108 e. The molecular weight excluding hydrogens is 236 g/mol. The van der Waals surface area contributed by atoms with E-state index in [2.05, 4.69) is 43.5 Å². The van der Waals surface area contributed by atoms with Crippen LogP contribution in [-0.4, -0.2) is 0 Å². The fourth-order valence-electron chi connectivity index (χ4n) is 2.43. The first-order valence-corrected chi connectivity index (χ1v) is 6.91. The number of aryl methyl sites for hydroxylation is 2. The number of hydrogen-bond acceptors (Lipinski definition) is 3. The Labute approximate surface area is 114 Å². The molecular formula is C16H22N2O. The monoisotopic (exact) mass is 258 g/mol. The lowest BCUT2D eigenvalue weighted by atomic mass is 9.97. The SMILES string of the molecule is CCCc1ccc(C(NN)c2ccoc2CC)cc1. The molecule has 3 nitrogen and oxygen atoms in total. The molecule has 3 heteroatoms. The zero-order chi connectivity index (χ0) is 13.7. The predicted octanol–water partition coefficient (Wildman–Crippen LogP) is 3.35. The van der Waals surface area contributed by atoms with E-state index in [4.69, 9.17) is 10.3 Å². The van der Waals surface area contributed by atoms with Gasteiger partial charge in [-0.25, -0.2) is 5.43 Å². The second-order valence-electron chi connectivity index (χ2n) is 4.74. The van der Waals surface area contributed by atoms with Gasteiger partial charge < -0.3 is 4.42 Å². The Morgan fingerprint density at radius 1 is 1.16 bits per heavy atom. The maximum atomic E-state index is 5.72. The van der Waals surface area contributed by atoms with E-state index in [9.17, 15) is 0 Å². The van der Waals surface area contributed by atoms with Crippen LogP contribution in [0.15, 0.2) is 41.0 Å². The molecule has 0 saturated carbocycles. The Morgan fingerprint density at radius 3 is 2.47 bits per heavy atom. The predicted molar refractivity (Wildman–Crippen MR) is 77.7 cm³/mol. The number of rotatable bonds is 6. The summed E-state index contributed by atoms with van der Waals surface area (Å²) in [6.07, 6.45) is 4.88. The van der Waals surface area contributed by atoms with Crippen molar-refractivity contribution in [2.75, 3.05) is 0 Å². The standard InChI is InChI=1S/C16H22N2O/c1-3-5-12-6-8-13(9-7-12)16(18-17)14-10-11-19-15(14)4-2/h6-11,16,18H,3-5,17H2,1-2H3. The van der Waals surface area contributed by atoms with Crippen molar-refractivity contribution in [3.05, 3.63) is 59.0 Å². The summed E-state index contributed by atoms with van der Waals surface area (Å²) in [6.45, 7) is 4.28. The average molecular weight is 258 g/mol. The molecule has 0 amide bonds. The van der Waals surface area contributed by atoms with Crippen LogP contribution in [0.2, 0.25) is 0 Å². The second kappa shape index (κ2) is 6.55. The number of hydrazine groups is 1. The Morgan fingerprint density at radius 2 is 1.89 bits per heavy atom. The minimum absolute atomic E-state index is 0.00984. The van der Waals surface area contributed by atoms with Gasteiger partial charge in [0.05, 0.1) is 12.3 Å². The number of furan rings is 1. The van der Waals surface area contributed by atoms with Crippen LogP contribution in [0.3, 0.4) is 0 Å². The van der Waals surface area contributed by atoms with Gasteiger partial charge >= 0.3 is 0 Å². The maximum absolute atomic E-state index is 5.72. The topological polar surface area (TPSA) is 51.2 Å². The molecule has 0 aliphatic heterocycles. The molecule has 1 heterocycles. The number of nitrogens with one attached hydrogen (secondary N) is 1. The van der Waals surface area contributed by atoms with Crippen molar-refractivity contribution in [3.63, 3.8) is 0 Å². The lowest BCUT2D eigenvalue weighted by Gasteiger charge is -2.16. The van der Waals surface area contributed by atoms with Crippen molar-refractivity contribution in [1.82, 2.24) is 5.43 Å². The van der Waals surface area contributed by atoms with Crippen LogP contribution in [0.5, 0.6) is 0 Å². The summed E-state index contributed by atoms with van der Waals surface area (Å²) >= 11 is 0. The van der Waals surface area contributed by atoms with E-state index in [-0.39, 0.29) is 6.04 Å². The Bertz CT molecular complexity index is 502. The van der Waals surface area contributed by atoms with Gasteiger partial charge in [-0.2, -0.15) is 0 Å². The molecule has 0 bridgehead atoms. The normalized spacial score (nSPS) is 12.6. The summed E-state index contributed by atoms with van der Waals surface area (Å²) in [7, 11) is 0. The fourth-order valence-corrected chi connectivity index (χ4v) is 2.43. The summed E-state index contributed by atoms with van der Waals surface area (Å²) < 4.78 is 5.48. The zero-order valence-corrected chi connectivity index (χ0v) is 11.6. The van der Waals surface area contributed by atoms with Crippen LogP contribution in [-0.2, 0) is 12.8 Å². The largest absolute Gasteiger partial charge is 0.469 e. The molecule has 19 heavy (non-hydrogen) atoms. The van der Waals surface area contributed by atoms with E-state index in [1.807, 2.05) is 6.07 Å². The minimum atomic E-state index is -0.00984. The van der Waals surface area contributed by atoms with Gasteiger partial charge in [0.25, 0.3) is 0 Å². The van der Waals surface area contributed by atoms with Crippen molar-refractivity contribution in [2.24, 2.45) is 5.84 Å². The van der Waals surface area contributed by atoms with Crippen molar-refractivity contribution >= 4 is 0 Å². The van der Waals surface area contributed by atoms with Crippen LogP contribution >= 0.6 is 0 Å². The summed E-state index contributed by atoms with van der Waals surface area (Å²) in [5.74, 6) is 6.71. The molecule has 3 N–H and O–H groups in total. The summed E-state index contributed by atoms with van der Waals surface area (Å²) in [6, 6.07) is 10.6. The van der Waals surface area contributed by atoms with Crippen LogP contribution in [0.25, 0.3) is 0 Å². The molecule has 2 rings (SSSR count). The number of nitrogens with two attached hydrogens (primary N) is 1. The molecule has 0 fully saturated rings. The first-order valence-electron chi connectivity index (χ1n) is 6.91. The molecule has 0 aliphatic rings. The van der Waals surface area contributed by atoms with Gasteiger partial charge in [0, 0.05) is 12.0 Å². The highest BCUT2D eigenvalue weighted by atomic mass is 16.3. The molecule has 1 aromatic heterocycles. The van der Waals surface area contributed by atoms with Gasteiger partial charge in [-0.3, -0.25) is 5.84 Å². The first-order chi connectivity index (χ1) is 9.30. The van der Waals surface area contributed by atoms with Crippen molar-refractivity contribution in [2.45, 2.75) is 39.2 Å². The fraction of sp³-hybridized carbons (Fsp3) is 0.375. The van der Waals surface area contributed by atoms with Gasteiger partial charge in [0.2, 0.25) is 0 Å². The van der Waals surface area contributed by atoms with Crippen LogP contribution < -0.4 is 11.3 Å². The molecule has 1 aromatic carbocycles. The number of hydrogen-bond donors (Lipinski definition) is 2.